The van der Waals surface area contributed by atoms with Crippen LogP contribution < -0.4 is 5.73 Å². The van der Waals surface area contributed by atoms with Crippen LogP contribution in [0, 0.1) is 6.08 Å². The van der Waals surface area contributed by atoms with Crippen molar-refractivity contribution < 1.29 is 4.39 Å². The fourth-order valence-electron chi connectivity index (χ4n) is 0.598. The van der Waals surface area contributed by atoms with E-state index >= 15 is 0 Å². The third-order valence-corrected chi connectivity index (χ3v) is 1.88. The Kier molecular flexibility index (Phi) is 2.93. The van der Waals surface area contributed by atoms with Crippen LogP contribution in [0.1, 0.15) is 10.5 Å². The van der Waals surface area contributed by atoms with Gasteiger partial charge < -0.3 is 5.73 Å². The molecule has 2 N–H and O–H groups in total. The van der Waals surface area contributed by atoms with E-state index in [1.165, 1.54) is 0 Å². The predicted molar refractivity (Wildman–Crippen MR) is 45.9 cm³/mol. The van der Waals surface area contributed by atoms with Crippen LogP contribution in [0.4, 0.5) is 10.2 Å². The van der Waals surface area contributed by atoms with Gasteiger partial charge in [0.15, 0.2) is 4.84 Å². The van der Waals surface area contributed by atoms with Crippen LogP contribution in [-0.2, 0) is 0 Å². The third kappa shape index (κ3) is 1.88. The second kappa shape index (κ2) is 3.60. The molecule has 1 aromatic heterocycles. The molecule has 1 heterocycles. The van der Waals surface area contributed by atoms with E-state index in [1.807, 2.05) is 0 Å². The Morgan fingerprint density at radius 1 is 1.33 bits per heavy atom. The second-order valence-corrected chi connectivity index (χ2v) is 3.35. The Hall–Kier alpha value is -0.320. The van der Waals surface area contributed by atoms with Crippen molar-refractivity contribution in [2.75, 3.05) is 5.73 Å². The molecule has 12 heavy (non-hydrogen) atoms. The highest BCUT2D eigenvalue weighted by molar-refractivity contribution is 6.45. The molecule has 0 fully saturated rings. The van der Waals surface area contributed by atoms with Gasteiger partial charge in [-0.3, -0.25) is 0 Å². The number of nitrogen functional groups attached to an aromatic ring is 1. The standard InChI is InChI=1S/C5H3Cl3FN3/c6-1-2(3(7)8)11-5(9)12-4(1)10/h3H,(H2,10,11,12). The number of halogens is 4. The Morgan fingerprint density at radius 2 is 1.92 bits per heavy atom. The van der Waals surface area contributed by atoms with Crippen LogP contribution in [0.3, 0.4) is 0 Å². The van der Waals surface area contributed by atoms with Crippen molar-refractivity contribution in [3.63, 3.8) is 0 Å². The lowest BCUT2D eigenvalue weighted by Gasteiger charge is -2.04. The van der Waals surface area contributed by atoms with Crippen molar-refractivity contribution >= 4 is 40.6 Å². The Bertz CT molecular complexity index is 304. The lowest BCUT2D eigenvalue weighted by Crippen LogP contribution is -2.02. The molecule has 0 aliphatic heterocycles. The second-order valence-electron chi connectivity index (χ2n) is 1.88. The van der Waals surface area contributed by atoms with Crippen LogP contribution in [0.15, 0.2) is 0 Å². The average Bonchev–Trinajstić information content (AvgIpc) is 1.96. The molecule has 1 aromatic rings. The molecule has 0 aliphatic carbocycles. The molecule has 0 amide bonds. The minimum absolute atomic E-state index is 0.0219. The Morgan fingerprint density at radius 3 is 2.42 bits per heavy atom. The van der Waals surface area contributed by atoms with Crippen LogP contribution >= 0.6 is 34.8 Å². The normalized spacial score (nSPS) is 10.8. The molecule has 1 rings (SSSR count). The molecule has 0 saturated heterocycles. The molecule has 0 aromatic carbocycles. The van der Waals surface area contributed by atoms with Crippen molar-refractivity contribution in [1.82, 2.24) is 9.97 Å². The van der Waals surface area contributed by atoms with E-state index in [1.54, 1.807) is 0 Å². The van der Waals surface area contributed by atoms with Crippen LogP contribution in [0.2, 0.25) is 5.02 Å². The number of alkyl halides is 2. The van der Waals surface area contributed by atoms with Crippen molar-refractivity contribution in [2.45, 2.75) is 4.84 Å². The summed E-state index contributed by atoms with van der Waals surface area (Å²) in [7, 11) is 0. The number of hydrogen-bond acceptors (Lipinski definition) is 3. The summed E-state index contributed by atoms with van der Waals surface area (Å²) in [5, 5.41) is -0.0219. The van der Waals surface area contributed by atoms with Gasteiger partial charge in [-0.15, -0.1) is 0 Å². The molecule has 3 nitrogen and oxygen atoms in total. The van der Waals surface area contributed by atoms with Gasteiger partial charge in [0.2, 0.25) is 0 Å². The third-order valence-electron chi connectivity index (χ3n) is 1.08. The van der Waals surface area contributed by atoms with Gasteiger partial charge in [0.25, 0.3) is 0 Å². The quantitative estimate of drug-likeness (QED) is 0.595. The van der Waals surface area contributed by atoms with Crippen molar-refractivity contribution in [1.29, 1.82) is 0 Å². The first-order valence-electron chi connectivity index (χ1n) is 2.79. The minimum Gasteiger partial charge on any atom is -0.382 e. The summed E-state index contributed by atoms with van der Waals surface area (Å²) in [6.45, 7) is 0. The number of rotatable bonds is 1. The first-order chi connectivity index (χ1) is 5.52. The van der Waals surface area contributed by atoms with E-state index in [-0.39, 0.29) is 16.5 Å². The SMILES string of the molecule is Nc1nc(F)nc(C(Cl)Cl)c1Cl. The monoisotopic (exact) mass is 229 g/mol. The average molecular weight is 230 g/mol. The molecule has 0 atom stereocenters. The zero-order chi connectivity index (χ0) is 9.30. The molecule has 0 spiro atoms. The molecular weight excluding hydrogens is 227 g/mol. The van der Waals surface area contributed by atoms with E-state index in [2.05, 4.69) is 9.97 Å². The molecule has 0 aliphatic rings. The minimum atomic E-state index is -1.02. The van der Waals surface area contributed by atoms with E-state index in [0.29, 0.717) is 0 Å². The number of aromatic nitrogens is 2. The van der Waals surface area contributed by atoms with Crippen LogP contribution in [0.25, 0.3) is 0 Å². The summed E-state index contributed by atoms with van der Waals surface area (Å²) in [5.41, 5.74) is 5.20. The topological polar surface area (TPSA) is 51.8 Å². The summed E-state index contributed by atoms with van der Waals surface area (Å²) in [5.74, 6) is -0.175. The Labute approximate surface area is 82.7 Å². The number of nitrogens with zero attached hydrogens (tertiary/aromatic N) is 2. The first-order valence-corrected chi connectivity index (χ1v) is 4.04. The molecule has 0 saturated carbocycles. The van der Waals surface area contributed by atoms with Gasteiger partial charge in [-0.25, -0.2) is 4.98 Å². The smallest absolute Gasteiger partial charge is 0.310 e. The van der Waals surface area contributed by atoms with Crippen molar-refractivity contribution in [3.8, 4) is 0 Å². The summed E-state index contributed by atoms with van der Waals surface area (Å²) in [4.78, 5) is 5.43. The van der Waals surface area contributed by atoms with Gasteiger partial charge in [-0.2, -0.15) is 9.37 Å². The molecule has 0 unspecified atom stereocenters. The summed E-state index contributed by atoms with van der Waals surface area (Å²) >= 11 is 16.4. The maximum atomic E-state index is 12.5. The molecule has 0 radical (unpaired) electrons. The number of nitrogens with two attached hydrogens (primary N) is 1. The first kappa shape index (κ1) is 9.77. The zero-order valence-electron chi connectivity index (χ0n) is 5.56. The van der Waals surface area contributed by atoms with Crippen molar-refractivity contribution in [3.05, 3.63) is 16.8 Å². The summed E-state index contributed by atoms with van der Waals surface area (Å²) in [6, 6.07) is 0. The Balaban J connectivity index is 3.28. The van der Waals surface area contributed by atoms with Gasteiger partial charge in [-0.05, 0) is 0 Å². The molecular formula is C5H3Cl3FN3. The lowest BCUT2D eigenvalue weighted by atomic mass is 10.4. The molecule has 66 valence electrons. The van der Waals surface area contributed by atoms with Gasteiger partial charge >= 0.3 is 6.08 Å². The molecule has 7 heteroatoms. The van der Waals surface area contributed by atoms with Gasteiger partial charge in [0, 0.05) is 0 Å². The number of anilines is 1. The van der Waals surface area contributed by atoms with E-state index < -0.39 is 10.9 Å². The summed E-state index contributed by atoms with van der Waals surface area (Å²) < 4.78 is 12.5. The maximum absolute atomic E-state index is 12.5. The lowest BCUT2D eigenvalue weighted by molar-refractivity contribution is 0.536. The van der Waals surface area contributed by atoms with Gasteiger partial charge in [0.1, 0.15) is 16.5 Å². The van der Waals surface area contributed by atoms with E-state index in [9.17, 15) is 4.39 Å². The van der Waals surface area contributed by atoms with Crippen LogP contribution in [0.5, 0.6) is 0 Å². The van der Waals surface area contributed by atoms with E-state index in [4.69, 9.17) is 40.5 Å². The van der Waals surface area contributed by atoms with Gasteiger partial charge in [-0.1, -0.05) is 34.8 Å². The molecule has 0 bridgehead atoms. The fourth-order valence-corrected chi connectivity index (χ4v) is 1.22. The highest BCUT2D eigenvalue weighted by atomic mass is 35.5. The highest BCUT2D eigenvalue weighted by Gasteiger charge is 2.15. The van der Waals surface area contributed by atoms with Gasteiger partial charge in [0.05, 0.1) is 0 Å². The predicted octanol–water partition coefficient (Wildman–Crippen LogP) is 2.33. The summed E-state index contributed by atoms with van der Waals surface area (Å²) in [6.07, 6.45) is -1.00. The fraction of sp³-hybridized carbons (Fsp3) is 0.200. The largest absolute Gasteiger partial charge is 0.382 e. The highest BCUT2D eigenvalue weighted by Crippen LogP contribution is 2.31. The van der Waals surface area contributed by atoms with Crippen molar-refractivity contribution in [2.24, 2.45) is 0 Å². The number of hydrogen-bond donors (Lipinski definition) is 1. The zero-order valence-corrected chi connectivity index (χ0v) is 7.83. The maximum Gasteiger partial charge on any atom is 0.310 e. The van der Waals surface area contributed by atoms with Crippen LogP contribution in [-0.4, -0.2) is 9.97 Å². The van der Waals surface area contributed by atoms with E-state index in [0.717, 1.165) is 0 Å².